The zero-order valence-corrected chi connectivity index (χ0v) is 11.7. The molecule has 0 radical (unpaired) electrons. The first kappa shape index (κ1) is 14.9. The van der Waals surface area contributed by atoms with E-state index in [4.69, 9.17) is 4.74 Å². The van der Waals surface area contributed by atoms with Crippen molar-refractivity contribution >= 4 is 17.3 Å². The van der Waals surface area contributed by atoms with Crippen molar-refractivity contribution in [1.29, 1.82) is 0 Å². The fourth-order valence-corrected chi connectivity index (χ4v) is 2.72. The Balaban J connectivity index is 1.70. The van der Waals surface area contributed by atoms with E-state index in [9.17, 15) is 24.6 Å². The predicted molar refractivity (Wildman–Crippen MR) is 76.8 cm³/mol. The number of piperazine rings is 1. The van der Waals surface area contributed by atoms with Crippen molar-refractivity contribution in [2.75, 3.05) is 43.0 Å². The summed E-state index contributed by atoms with van der Waals surface area (Å²) in [5.74, 6) is -0.206. The van der Waals surface area contributed by atoms with E-state index in [2.05, 4.69) is 10.6 Å². The molecular formula is C13H17N3O6. The van der Waals surface area contributed by atoms with Crippen LogP contribution in [0.4, 0.5) is 11.4 Å². The molecular weight excluding hydrogens is 294 g/mol. The molecule has 9 heteroatoms. The van der Waals surface area contributed by atoms with Crippen LogP contribution in [0, 0.1) is 0 Å². The van der Waals surface area contributed by atoms with E-state index in [1.807, 2.05) is 0 Å². The van der Waals surface area contributed by atoms with Gasteiger partial charge in [-0.25, -0.2) is 0 Å². The SMILES string of the molecule is O=C1CN(c2c(NCC3OCC(O)C3O)c(=O)c2=O)CCN1. The first-order chi connectivity index (χ1) is 10.5. The lowest BCUT2D eigenvalue weighted by Crippen LogP contribution is -2.53. The van der Waals surface area contributed by atoms with Crippen LogP contribution in [0.25, 0.3) is 0 Å². The summed E-state index contributed by atoms with van der Waals surface area (Å²) in [5.41, 5.74) is -0.927. The molecule has 2 fully saturated rings. The summed E-state index contributed by atoms with van der Waals surface area (Å²) in [7, 11) is 0. The Morgan fingerprint density at radius 2 is 2.05 bits per heavy atom. The second kappa shape index (κ2) is 5.67. The van der Waals surface area contributed by atoms with E-state index in [1.165, 1.54) is 0 Å². The van der Waals surface area contributed by atoms with Gasteiger partial charge in [-0.1, -0.05) is 0 Å². The molecule has 1 aromatic rings. The molecule has 2 heterocycles. The Kier molecular flexibility index (Phi) is 3.85. The van der Waals surface area contributed by atoms with E-state index in [-0.39, 0.29) is 37.0 Å². The predicted octanol–water partition coefficient (Wildman–Crippen LogP) is -3.25. The summed E-state index contributed by atoms with van der Waals surface area (Å²) in [6.07, 6.45) is -2.65. The van der Waals surface area contributed by atoms with Gasteiger partial charge in [0, 0.05) is 19.6 Å². The maximum Gasteiger partial charge on any atom is 0.253 e. The van der Waals surface area contributed by atoms with Crippen LogP contribution in [-0.2, 0) is 9.53 Å². The van der Waals surface area contributed by atoms with Gasteiger partial charge in [0.25, 0.3) is 10.9 Å². The van der Waals surface area contributed by atoms with Crippen molar-refractivity contribution in [3.8, 4) is 0 Å². The van der Waals surface area contributed by atoms with Crippen molar-refractivity contribution < 1.29 is 19.7 Å². The van der Waals surface area contributed by atoms with Crippen LogP contribution in [0.3, 0.4) is 0 Å². The third kappa shape index (κ3) is 2.47. The third-order valence-corrected chi connectivity index (χ3v) is 3.98. The highest BCUT2D eigenvalue weighted by Crippen LogP contribution is 2.22. The number of hydrogen-bond donors (Lipinski definition) is 4. The molecule has 120 valence electrons. The van der Waals surface area contributed by atoms with Crippen LogP contribution in [0.1, 0.15) is 0 Å². The summed E-state index contributed by atoms with van der Waals surface area (Å²) >= 11 is 0. The summed E-state index contributed by atoms with van der Waals surface area (Å²) < 4.78 is 5.20. The van der Waals surface area contributed by atoms with Crippen LogP contribution in [-0.4, -0.2) is 67.2 Å². The second-order valence-electron chi connectivity index (χ2n) is 5.46. The number of aliphatic hydroxyl groups excluding tert-OH is 2. The largest absolute Gasteiger partial charge is 0.388 e. The van der Waals surface area contributed by atoms with Gasteiger partial charge < -0.3 is 30.5 Å². The van der Waals surface area contributed by atoms with Crippen molar-refractivity contribution in [3.05, 3.63) is 20.4 Å². The zero-order valence-electron chi connectivity index (χ0n) is 11.7. The van der Waals surface area contributed by atoms with Crippen molar-refractivity contribution in [3.63, 3.8) is 0 Å². The lowest BCUT2D eigenvalue weighted by atomic mass is 10.1. The standard InChI is InChI=1S/C13H17N3O6/c17-6-5-22-7(11(6)19)3-15-9-10(13(21)12(9)20)16-2-1-14-8(18)4-16/h6-7,11,15,17,19H,1-5H2,(H,14,18). The van der Waals surface area contributed by atoms with E-state index in [1.54, 1.807) is 4.90 Å². The van der Waals surface area contributed by atoms with Gasteiger partial charge in [-0.3, -0.25) is 14.4 Å². The fourth-order valence-electron chi connectivity index (χ4n) is 2.72. The quantitative estimate of drug-likeness (QED) is 0.427. The van der Waals surface area contributed by atoms with Crippen molar-refractivity contribution in [2.45, 2.75) is 18.3 Å². The molecule has 2 aliphatic heterocycles. The lowest BCUT2D eigenvalue weighted by molar-refractivity contribution is -0.120. The topological polar surface area (TPSA) is 128 Å². The second-order valence-corrected chi connectivity index (χ2v) is 5.46. The monoisotopic (exact) mass is 311 g/mol. The normalized spacial score (nSPS) is 28.9. The molecule has 3 atom stereocenters. The zero-order chi connectivity index (χ0) is 15.9. The average molecular weight is 311 g/mol. The summed E-state index contributed by atoms with van der Waals surface area (Å²) in [4.78, 5) is 36.4. The number of amides is 1. The van der Waals surface area contributed by atoms with Gasteiger partial charge in [0.15, 0.2) is 0 Å². The highest BCUT2D eigenvalue weighted by molar-refractivity contribution is 5.86. The number of anilines is 2. The molecule has 0 spiro atoms. The highest BCUT2D eigenvalue weighted by Gasteiger charge is 2.35. The van der Waals surface area contributed by atoms with Crippen LogP contribution >= 0.6 is 0 Å². The molecule has 3 unspecified atom stereocenters. The smallest absolute Gasteiger partial charge is 0.253 e. The van der Waals surface area contributed by atoms with Gasteiger partial charge >= 0.3 is 0 Å². The average Bonchev–Trinajstić information content (AvgIpc) is 2.82. The maximum absolute atomic E-state index is 11.7. The Hall–Kier alpha value is -1.97. The molecule has 1 amide bonds. The maximum atomic E-state index is 11.7. The number of carbonyl (C=O) groups is 1. The highest BCUT2D eigenvalue weighted by atomic mass is 16.5. The number of nitrogens with one attached hydrogen (secondary N) is 2. The van der Waals surface area contributed by atoms with Gasteiger partial charge in [-0.05, 0) is 0 Å². The lowest BCUT2D eigenvalue weighted by Gasteiger charge is -2.31. The summed E-state index contributed by atoms with van der Waals surface area (Å²) in [5, 5.41) is 24.5. The van der Waals surface area contributed by atoms with Crippen LogP contribution in [0.5, 0.6) is 0 Å². The minimum absolute atomic E-state index is 0.0264. The van der Waals surface area contributed by atoms with Gasteiger partial charge in [0.1, 0.15) is 29.7 Å². The fraction of sp³-hybridized carbons (Fsp3) is 0.615. The third-order valence-electron chi connectivity index (χ3n) is 3.98. The van der Waals surface area contributed by atoms with Crippen LogP contribution in [0.2, 0.25) is 0 Å². The van der Waals surface area contributed by atoms with Crippen LogP contribution < -0.4 is 26.4 Å². The molecule has 0 aliphatic carbocycles. The van der Waals surface area contributed by atoms with E-state index in [0.29, 0.717) is 13.1 Å². The molecule has 22 heavy (non-hydrogen) atoms. The summed E-state index contributed by atoms with van der Waals surface area (Å²) in [6, 6.07) is 0. The van der Waals surface area contributed by atoms with E-state index < -0.39 is 29.2 Å². The van der Waals surface area contributed by atoms with Gasteiger partial charge in [-0.15, -0.1) is 0 Å². The number of nitrogens with zero attached hydrogens (tertiary/aromatic N) is 1. The molecule has 1 aromatic carbocycles. The Morgan fingerprint density at radius 3 is 2.68 bits per heavy atom. The first-order valence-electron chi connectivity index (χ1n) is 7.05. The molecule has 2 aliphatic rings. The summed E-state index contributed by atoms with van der Waals surface area (Å²) in [6.45, 7) is 1.01. The van der Waals surface area contributed by atoms with Gasteiger partial charge in [-0.2, -0.15) is 0 Å². The van der Waals surface area contributed by atoms with Crippen LogP contribution in [0.15, 0.2) is 9.59 Å². The molecule has 2 saturated heterocycles. The van der Waals surface area contributed by atoms with Crippen molar-refractivity contribution in [2.24, 2.45) is 0 Å². The molecule has 9 nitrogen and oxygen atoms in total. The van der Waals surface area contributed by atoms with Crippen molar-refractivity contribution in [1.82, 2.24) is 5.32 Å². The molecule has 0 aromatic heterocycles. The first-order valence-corrected chi connectivity index (χ1v) is 7.05. The molecule has 4 N–H and O–H groups in total. The Morgan fingerprint density at radius 1 is 1.27 bits per heavy atom. The molecule has 0 bridgehead atoms. The number of carbonyl (C=O) groups excluding carboxylic acids is 1. The number of aliphatic hydroxyl groups is 2. The molecule has 0 saturated carbocycles. The van der Waals surface area contributed by atoms with Gasteiger partial charge in [0.05, 0.1) is 13.2 Å². The minimum Gasteiger partial charge on any atom is -0.388 e. The molecule has 3 rings (SSSR count). The Labute approximate surface area is 125 Å². The number of ether oxygens (including phenoxy) is 1. The number of hydrogen-bond acceptors (Lipinski definition) is 8. The van der Waals surface area contributed by atoms with E-state index >= 15 is 0 Å². The van der Waals surface area contributed by atoms with Gasteiger partial charge in [0.2, 0.25) is 5.91 Å². The minimum atomic E-state index is -1.04. The van der Waals surface area contributed by atoms with E-state index in [0.717, 1.165) is 0 Å². The Bertz CT molecular complexity index is 652. The number of rotatable bonds is 4.